The average Bonchev–Trinajstić information content (AvgIpc) is 2.12. The van der Waals surface area contributed by atoms with Crippen LogP contribution in [-0.4, -0.2) is 13.1 Å². The van der Waals surface area contributed by atoms with E-state index in [1.807, 2.05) is 0 Å². The highest BCUT2D eigenvalue weighted by molar-refractivity contribution is 5.15. The molecule has 2 nitrogen and oxygen atoms in total. The fourth-order valence-corrected chi connectivity index (χ4v) is 0.637. The molecule has 0 unspecified atom stereocenters. The van der Waals surface area contributed by atoms with Crippen molar-refractivity contribution in [3.8, 4) is 0 Å². The fourth-order valence-electron chi connectivity index (χ4n) is 0.637. The van der Waals surface area contributed by atoms with Crippen molar-refractivity contribution in [2.24, 2.45) is 10.2 Å². The number of hydrogen-bond donors (Lipinski definition) is 0. The maximum atomic E-state index is 3.85. The Morgan fingerprint density at radius 3 is 2.00 bits per heavy atom. The van der Waals surface area contributed by atoms with Gasteiger partial charge in [-0.15, -0.1) is 0 Å². The molecule has 1 heterocycles. The van der Waals surface area contributed by atoms with E-state index in [1.165, 1.54) is 11.1 Å². The Kier molecular flexibility index (Phi) is 1.42. The molecule has 0 aromatic carbocycles. The molecule has 1 aliphatic rings. The van der Waals surface area contributed by atoms with Crippen LogP contribution in [0.15, 0.2) is 21.4 Å². The van der Waals surface area contributed by atoms with E-state index >= 15 is 0 Å². The lowest BCUT2D eigenvalue weighted by Crippen LogP contribution is -1.87. The highest BCUT2D eigenvalue weighted by atomic mass is 15.1. The SMILES string of the molecule is CC(C)=C1CN=NC1. The van der Waals surface area contributed by atoms with Crippen LogP contribution in [0.25, 0.3) is 0 Å². The van der Waals surface area contributed by atoms with Gasteiger partial charge in [-0.25, -0.2) is 0 Å². The molecule has 2 heteroatoms. The Morgan fingerprint density at radius 2 is 1.75 bits per heavy atom. The Balaban J connectivity index is 2.64. The predicted molar refractivity (Wildman–Crippen MR) is 33.0 cm³/mol. The third-order valence-corrected chi connectivity index (χ3v) is 1.33. The van der Waals surface area contributed by atoms with Gasteiger partial charge >= 0.3 is 0 Å². The molecule has 1 rings (SSSR count). The number of hydrogen-bond acceptors (Lipinski definition) is 2. The van der Waals surface area contributed by atoms with Gasteiger partial charge in [-0.2, -0.15) is 10.2 Å². The smallest absolute Gasteiger partial charge is 0.0830 e. The first kappa shape index (κ1) is 5.48. The van der Waals surface area contributed by atoms with Gasteiger partial charge in [0.2, 0.25) is 0 Å². The number of allylic oxidation sites excluding steroid dienone is 1. The fraction of sp³-hybridized carbons (Fsp3) is 0.667. The third-order valence-electron chi connectivity index (χ3n) is 1.33. The van der Waals surface area contributed by atoms with Crippen molar-refractivity contribution in [2.75, 3.05) is 13.1 Å². The Bertz CT molecular complexity index is 131. The summed E-state index contributed by atoms with van der Waals surface area (Å²) in [5.74, 6) is 0. The van der Waals surface area contributed by atoms with E-state index in [1.54, 1.807) is 0 Å². The molecule has 0 aliphatic carbocycles. The molecule has 8 heavy (non-hydrogen) atoms. The highest BCUT2D eigenvalue weighted by Crippen LogP contribution is 2.09. The van der Waals surface area contributed by atoms with Crippen LogP contribution in [-0.2, 0) is 0 Å². The van der Waals surface area contributed by atoms with Crippen LogP contribution >= 0.6 is 0 Å². The molecule has 0 fully saturated rings. The molecule has 0 spiro atoms. The largest absolute Gasteiger partial charge is 0.189 e. The van der Waals surface area contributed by atoms with Crippen LogP contribution in [0.4, 0.5) is 0 Å². The monoisotopic (exact) mass is 110 g/mol. The zero-order chi connectivity index (χ0) is 5.98. The van der Waals surface area contributed by atoms with Gasteiger partial charge < -0.3 is 0 Å². The number of rotatable bonds is 0. The molecular formula is C6H10N2. The lowest BCUT2D eigenvalue weighted by molar-refractivity contribution is 1.11. The maximum absolute atomic E-state index is 3.85. The van der Waals surface area contributed by atoms with Crippen LogP contribution < -0.4 is 0 Å². The van der Waals surface area contributed by atoms with Crippen molar-refractivity contribution in [3.63, 3.8) is 0 Å². The molecule has 1 aliphatic heterocycles. The van der Waals surface area contributed by atoms with Crippen molar-refractivity contribution < 1.29 is 0 Å². The van der Waals surface area contributed by atoms with Crippen molar-refractivity contribution in [2.45, 2.75) is 13.8 Å². The standard InChI is InChI=1S/C6H10N2/c1-5(2)6-3-7-8-4-6/h3-4H2,1-2H3. The van der Waals surface area contributed by atoms with E-state index in [0.717, 1.165) is 13.1 Å². The lowest BCUT2D eigenvalue weighted by atomic mass is 10.2. The molecule has 0 bridgehead atoms. The maximum Gasteiger partial charge on any atom is 0.0830 e. The Labute approximate surface area is 49.3 Å². The van der Waals surface area contributed by atoms with Crippen LogP contribution in [0.5, 0.6) is 0 Å². The van der Waals surface area contributed by atoms with Crippen molar-refractivity contribution in [1.82, 2.24) is 0 Å². The van der Waals surface area contributed by atoms with Gasteiger partial charge in [-0.1, -0.05) is 5.57 Å². The summed E-state index contributed by atoms with van der Waals surface area (Å²) in [7, 11) is 0. The van der Waals surface area contributed by atoms with Gasteiger partial charge in [-0.3, -0.25) is 0 Å². The summed E-state index contributed by atoms with van der Waals surface area (Å²) >= 11 is 0. The first-order chi connectivity index (χ1) is 3.80. The van der Waals surface area contributed by atoms with E-state index in [9.17, 15) is 0 Å². The zero-order valence-electron chi connectivity index (χ0n) is 5.31. The molecule has 0 saturated carbocycles. The quantitative estimate of drug-likeness (QED) is 0.425. The van der Waals surface area contributed by atoms with E-state index < -0.39 is 0 Å². The lowest BCUT2D eigenvalue weighted by Gasteiger charge is -1.92. The van der Waals surface area contributed by atoms with Gasteiger partial charge in [0.25, 0.3) is 0 Å². The second-order valence-corrected chi connectivity index (χ2v) is 2.20. The molecule has 0 aromatic heterocycles. The minimum Gasteiger partial charge on any atom is -0.189 e. The summed E-state index contributed by atoms with van der Waals surface area (Å²) in [5, 5.41) is 7.71. The van der Waals surface area contributed by atoms with E-state index in [0.29, 0.717) is 0 Å². The minimum absolute atomic E-state index is 0.836. The molecule has 0 N–H and O–H groups in total. The summed E-state index contributed by atoms with van der Waals surface area (Å²) in [6, 6.07) is 0. The predicted octanol–water partition coefficient (Wildman–Crippen LogP) is 1.79. The van der Waals surface area contributed by atoms with E-state index in [2.05, 4.69) is 24.1 Å². The third kappa shape index (κ3) is 0.941. The Morgan fingerprint density at radius 1 is 1.25 bits per heavy atom. The summed E-state index contributed by atoms with van der Waals surface area (Å²) < 4.78 is 0. The number of azo groups is 1. The Hall–Kier alpha value is -0.660. The molecule has 0 amide bonds. The van der Waals surface area contributed by atoms with Crippen molar-refractivity contribution in [1.29, 1.82) is 0 Å². The second kappa shape index (κ2) is 2.07. The van der Waals surface area contributed by atoms with Gasteiger partial charge in [0.15, 0.2) is 0 Å². The minimum atomic E-state index is 0.836. The molecular weight excluding hydrogens is 100 g/mol. The topological polar surface area (TPSA) is 24.7 Å². The summed E-state index contributed by atoms with van der Waals surface area (Å²) in [6.45, 7) is 5.88. The van der Waals surface area contributed by atoms with Gasteiger partial charge in [0, 0.05) is 0 Å². The van der Waals surface area contributed by atoms with Gasteiger partial charge in [0.1, 0.15) is 0 Å². The molecule has 44 valence electrons. The zero-order valence-corrected chi connectivity index (χ0v) is 5.31. The van der Waals surface area contributed by atoms with Crippen LogP contribution in [0.3, 0.4) is 0 Å². The highest BCUT2D eigenvalue weighted by Gasteiger charge is 2.02. The summed E-state index contributed by atoms with van der Waals surface area (Å²) in [5.41, 5.74) is 2.75. The molecule has 0 atom stereocenters. The normalized spacial score (nSPS) is 17.5. The van der Waals surface area contributed by atoms with E-state index in [-0.39, 0.29) is 0 Å². The van der Waals surface area contributed by atoms with Crippen LogP contribution in [0.1, 0.15) is 13.8 Å². The van der Waals surface area contributed by atoms with Crippen LogP contribution in [0.2, 0.25) is 0 Å². The van der Waals surface area contributed by atoms with Crippen LogP contribution in [0, 0.1) is 0 Å². The average molecular weight is 110 g/mol. The number of nitrogens with zero attached hydrogens (tertiary/aromatic N) is 2. The van der Waals surface area contributed by atoms with Gasteiger partial charge in [-0.05, 0) is 19.4 Å². The molecule has 0 saturated heterocycles. The molecule has 0 radical (unpaired) electrons. The molecule has 0 aromatic rings. The van der Waals surface area contributed by atoms with Crippen molar-refractivity contribution in [3.05, 3.63) is 11.1 Å². The first-order valence-electron chi connectivity index (χ1n) is 2.79. The summed E-state index contributed by atoms with van der Waals surface area (Å²) in [4.78, 5) is 0. The van der Waals surface area contributed by atoms with Crippen molar-refractivity contribution >= 4 is 0 Å². The first-order valence-corrected chi connectivity index (χ1v) is 2.79. The van der Waals surface area contributed by atoms with Gasteiger partial charge in [0.05, 0.1) is 13.1 Å². The van der Waals surface area contributed by atoms with E-state index in [4.69, 9.17) is 0 Å². The second-order valence-electron chi connectivity index (χ2n) is 2.20. The summed E-state index contributed by atoms with van der Waals surface area (Å²) in [6.07, 6.45) is 0.